The summed E-state index contributed by atoms with van der Waals surface area (Å²) in [5, 5.41) is 0. The van der Waals surface area contributed by atoms with Crippen LogP contribution in [-0.4, -0.2) is 18.2 Å². The molecule has 0 heterocycles. The van der Waals surface area contributed by atoms with E-state index in [0.717, 1.165) is 19.3 Å². The number of carbonyl (C=O) groups excluding carboxylic acids is 2. The molecule has 1 atom stereocenters. The first-order valence-corrected chi connectivity index (χ1v) is 7.95. The minimum Gasteiger partial charge on any atom is -0.425 e. The Morgan fingerprint density at radius 1 is 1.05 bits per heavy atom. The van der Waals surface area contributed by atoms with E-state index < -0.39 is 12.3 Å². The molecule has 0 amide bonds. The van der Waals surface area contributed by atoms with E-state index in [9.17, 15) is 9.59 Å². The van der Waals surface area contributed by atoms with Gasteiger partial charge in [-0.2, -0.15) is 0 Å². The van der Waals surface area contributed by atoms with E-state index >= 15 is 0 Å². The van der Waals surface area contributed by atoms with Gasteiger partial charge in [-0.3, -0.25) is 4.79 Å². The molecule has 4 aliphatic carbocycles. The van der Waals surface area contributed by atoms with Gasteiger partial charge in [-0.1, -0.05) is 6.58 Å². The highest BCUT2D eigenvalue weighted by atomic mass is 16.7. The van der Waals surface area contributed by atoms with Gasteiger partial charge in [0.2, 0.25) is 6.29 Å². The Morgan fingerprint density at radius 2 is 1.52 bits per heavy atom. The highest BCUT2D eigenvalue weighted by molar-refractivity contribution is 5.87. The summed E-state index contributed by atoms with van der Waals surface area (Å²) in [7, 11) is 0. The third kappa shape index (κ3) is 2.72. The van der Waals surface area contributed by atoms with Gasteiger partial charge < -0.3 is 9.47 Å². The molecular weight excluding hydrogens is 268 g/mol. The molecule has 0 aliphatic heterocycles. The van der Waals surface area contributed by atoms with Gasteiger partial charge in [0.15, 0.2) is 0 Å². The SMILES string of the molecule is C=C(C)C(=O)OC(C)OC(=O)C12CC3CC(CC(C3)C1)C2. The van der Waals surface area contributed by atoms with Gasteiger partial charge >= 0.3 is 11.9 Å². The van der Waals surface area contributed by atoms with E-state index in [1.807, 2.05) is 0 Å². The zero-order valence-corrected chi connectivity index (χ0v) is 12.9. The lowest BCUT2D eigenvalue weighted by Gasteiger charge is -2.55. The normalized spacial score (nSPS) is 37.9. The minimum atomic E-state index is -0.838. The van der Waals surface area contributed by atoms with Crippen LogP contribution >= 0.6 is 0 Å². The molecule has 0 aromatic rings. The summed E-state index contributed by atoms with van der Waals surface area (Å²) in [5.41, 5.74) is 0.00578. The molecular formula is C17H24O4. The first-order chi connectivity index (χ1) is 9.88. The summed E-state index contributed by atoms with van der Waals surface area (Å²) >= 11 is 0. The van der Waals surface area contributed by atoms with Crippen molar-refractivity contribution in [3.8, 4) is 0 Å². The van der Waals surface area contributed by atoms with Crippen LogP contribution in [0, 0.1) is 23.2 Å². The third-order valence-electron chi connectivity index (χ3n) is 5.37. The first-order valence-electron chi connectivity index (χ1n) is 7.95. The van der Waals surface area contributed by atoms with Crippen LogP contribution in [0.3, 0.4) is 0 Å². The maximum absolute atomic E-state index is 12.6. The highest BCUT2D eigenvalue weighted by Gasteiger charge is 2.55. The van der Waals surface area contributed by atoms with E-state index in [2.05, 4.69) is 6.58 Å². The van der Waals surface area contributed by atoms with Crippen LogP contribution < -0.4 is 0 Å². The molecule has 0 saturated heterocycles. The van der Waals surface area contributed by atoms with Crippen molar-refractivity contribution in [2.24, 2.45) is 23.2 Å². The lowest BCUT2D eigenvalue weighted by molar-refractivity contribution is -0.200. The fourth-order valence-electron chi connectivity index (χ4n) is 4.91. The zero-order chi connectivity index (χ0) is 15.2. The number of hydrogen-bond donors (Lipinski definition) is 0. The number of esters is 2. The molecule has 4 rings (SSSR count). The standard InChI is InChI=1S/C17H24O4/c1-10(2)15(18)20-11(3)21-16(19)17-7-12-4-13(8-17)6-14(5-12)9-17/h11-14H,1,4-9H2,2-3H3. The molecule has 0 spiro atoms. The van der Waals surface area contributed by atoms with Crippen molar-refractivity contribution in [3.63, 3.8) is 0 Å². The molecule has 1 unspecified atom stereocenters. The molecule has 4 fully saturated rings. The number of rotatable bonds is 4. The van der Waals surface area contributed by atoms with Crippen LogP contribution in [0.2, 0.25) is 0 Å². The van der Waals surface area contributed by atoms with E-state index in [-0.39, 0.29) is 11.4 Å². The summed E-state index contributed by atoms with van der Waals surface area (Å²) in [4.78, 5) is 24.1. The molecule has 4 saturated carbocycles. The second kappa shape index (κ2) is 5.15. The molecule has 4 nitrogen and oxygen atoms in total. The maximum Gasteiger partial charge on any atom is 0.336 e. The summed E-state index contributed by atoms with van der Waals surface area (Å²) in [6.45, 7) is 6.70. The Balaban J connectivity index is 1.63. The topological polar surface area (TPSA) is 52.6 Å². The molecule has 21 heavy (non-hydrogen) atoms. The third-order valence-corrected chi connectivity index (χ3v) is 5.37. The van der Waals surface area contributed by atoms with Crippen molar-refractivity contribution in [3.05, 3.63) is 12.2 Å². The molecule has 4 heteroatoms. The van der Waals surface area contributed by atoms with Gasteiger partial charge in [-0.25, -0.2) is 4.79 Å². The lowest BCUT2D eigenvalue weighted by atomic mass is 9.49. The molecule has 0 N–H and O–H groups in total. The Labute approximate surface area is 125 Å². The summed E-state index contributed by atoms with van der Waals surface area (Å²) in [5.74, 6) is 1.40. The molecule has 116 valence electrons. The number of carbonyl (C=O) groups is 2. The molecule has 0 aromatic heterocycles. The van der Waals surface area contributed by atoms with Crippen LogP contribution in [0.5, 0.6) is 0 Å². The van der Waals surface area contributed by atoms with Crippen molar-refractivity contribution >= 4 is 11.9 Å². The number of ether oxygens (including phenoxy) is 2. The van der Waals surface area contributed by atoms with Crippen molar-refractivity contribution in [2.45, 2.75) is 58.7 Å². The predicted octanol–water partition coefficient (Wildman–Crippen LogP) is 3.21. The van der Waals surface area contributed by atoms with Gasteiger partial charge in [0.1, 0.15) is 0 Å². The monoisotopic (exact) mass is 292 g/mol. The minimum absolute atomic E-state index is 0.163. The predicted molar refractivity (Wildman–Crippen MR) is 77.1 cm³/mol. The Hall–Kier alpha value is -1.32. The van der Waals surface area contributed by atoms with Gasteiger partial charge in [-0.05, 0) is 63.2 Å². The smallest absolute Gasteiger partial charge is 0.336 e. The number of hydrogen-bond acceptors (Lipinski definition) is 4. The van der Waals surface area contributed by atoms with Gasteiger partial charge in [-0.15, -0.1) is 0 Å². The second-order valence-electron chi connectivity index (χ2n) is 7.36. The molecule has 4 bridgehead atoms. The van der Waals surface area contributed by atoms with Crippen molar-refractivity contribution in [2.75, 3.05) is 0 Å². The molecule has 4 aliphatic rings. The maximum atomic E-state index is 12.6. The van der Waals surface area contributed by atoms with Crippen molar-refractivity contribution in [1.29, 1.82) is 0 Å². The first kappa shape index (κ1) is 14.6. The largest absolute Gasteiger partial charge is 0.425 e. The summed E-state index contributed by atoms with van der Waals surface area (Å²) < 4.78 is 10.5. The van der Waals surface area contributed by atoms with Gasteiger partial charge in [0.25, 0.3) is 0 Å². The Kier molecular flexibility index (Phi) is 3.58. The van der Waals surface area contributed by atoms with Crippen LogP contribution in [-0.2, 0) is 19.1 Å². The average Bonchev–Trinajstić information content (AvgIpc) is 2.36. The van der Waals surface area contributed by atoms with Gasteiger partial charge in [0, 0.05) is 12.5 Å². The Morgan fingerprint density at radius 3 is 1.95 bits per heavy atom. The second-order valence-corrected chi connectivity index (χ2v) is 7.36. The van der Waals surface area contributed by atoms with E-state index in [0.29, 0.717) is 23.3 Å². The van der Waals surface area contributed by atoms with Crippen molar-refractivity contribution in [1.82, 2.24) is 0 Å². The van der Waals surface area contributed by atoms with Crippen LogP contribution in [0.1, 0.15) is 52.4 Å². The fourth-order valence-corrected chi connectivity index (χ4v) is 4.91. The Bertz CT molecular complexity index is 444. The molecule has 0 aromatic carbocycles. The van der Waals surface area contributed by atoms with Crippen LogP contribution in [0.15, 0.2) is 12.2 Å². The van der Waals surface area contributed by atoms with E-state index in [1.54, 1.807) is 13.8 Å². The van der Waals surface area contributed by atoms with Crippen LogP contribution in [0.25, 0.3) is 0 Å². The van der Waals surface area contributed by atoms with Gasteiger partial charge in [0.05, 0.1) is 5.41 Å². The lowest BCUT2D eigenvalue weighted by Crippen LogP contribution is -2.51. The average molecular weight is 292 g/mol. The summed E-state index contributed by atoms with van der Waals surface area (Å²) in [6, 6.07) is 0. The van der Waals surface area contributed by atoms with E-state index in [4.69, 9.17) is 9.47 Å². The fraction of sp³-hybridized carbons (Fsp3) is 0.765. The van der Waals surface area contributed by atoms with Crippen molar-refractivity contribution < 1.29 is 19.1 Å². The zero-order valence-electron chi connectivity index (χ0n) is 12.9. The summed E-state index contributed by atoms with van der Waals surface area (Å²) in [6.07, 6.45) is 5.89. The van der Waals surface area contributed by atoms with E-state index in [1.165, 1.54) is 19.3 Å². The highest BCUT2D eigenvalue weighted by Crippen LogP contribution is 2.60. The quantitative estimate of drug-likeness (QED) is 0.453. The van der Waals surface area contributed by atoms with Crippen LogP contribution in [0.4, 0.5) is 0 Å². The molecule has 0 radical (unpaired) electrons.